The van der Waals surface area contributed by atoms with Crippen LogP contribution in [0.25, 0.3) is 0 Å². The van der Waals surface area contributed by atoms with Crippen LogP contribution < -0.4 is 4.99 Å². The van der Waals surface area contributed by atoms with Crippen molar-refractivity contribution in [3.8, 4) is 0 Å². The molecule has 1 aliphatic heterocycles. The van der Waals surface area contributed by atoms with Crippen molar-refractivity contribution in [3.63, 3.8) is 0 Å². The van der Waals surface area contributed by atoms with Crippen LogP contribution >= 0.6 is 0 Å². The molecule has 1 saturated heterocycles. The Bertz CT molecular complexity index is 282. The molecule has 0 aliphatic carbocycles. The van der Waals surface area contributed by atoms with E-state index in [1.54, 1.807) is 0 Å². The fourth-order valence-corrected chi connectivity index (χ4v) is 2.23. The van der Waals surface area contributed by atoms with Crippen LogP contribution in [0.5, 0.6) is 0 Å². The van der Waals surface area contributed by atoms with E-state index >= 15 is 0 Å². The predicted molar refractivity (Wildman–Crippen MR) is 43.7 cm³/mol. The highest BCUT2D eigenvalue weighted by Gasteiger charge is 2.29. The molecule has 6 heteroatoms. The SMILES string of the molecule is C=[NH+]C(=O)N1CCS(=O)(=O)CC1. The smallest absolute Gasteiger partial charge is 0.229 e. The fraction of sp³-hybridized carbons (Fsp3) is 0.667. The maximum absolute atomic E-state index is 10.9. The maximum atomic E-state index is 10.9. The number of sulfone groups is 1. The van der Waals surface area contributed by atoms with Crippen LogP contribution in [-0.2, 0) is 9.84 Å². The monoisotopic (exact) mass is 191 g/mol. The number of rotatable bonds is 0. The molecule has 5 nitrogen and oxygen atoms in total. The molecule has 0 radical (unpaired) electrons. The summed E-state index contributed by atoms with van der Waals surface area (Å²) in [6, 6.07) is -0.315. The molecule has 0 saturated carbocycles. The van der Waals surface area contributed by atoms with Gasteiger partial charge in [0.25, 0.3) is 0 Å². The summed E-state index contributed by atoms with van der Waals surface area (Å²) in [5, 5.41) is 0. The van der Waals surface area contributed by atoms with Gasteiger partial charge in [0.2, 0.25) is 0 Å². The van der Waals surface area contributed by atoms with Gasteiger partial charge in [-0.15, -0.1) is 0 Å². The lowest BCUT2D eigenvalue weighted by Gasteiger charge is -2.17. The third-order valence-corrected chi connectivity index (χ3v) is 3.39. The van der Waals surface area contributed by atoms with Crippen LogP contribution in [0.15, 0.2) is 0 Å². The van der Waals surface area contributed by atoms with Gasteiger partial charge in [-0.25, -0.2) is 18.3 Å². The summed E-state index contributed by atoms with van der Waals surface area (Å²) in [7, 11) is -2.90. The molecular formula is C6H11N2O3S+. The van der Waals surface area contributed by atoms with Crippen LogP contribution in [0.2, 0.25) is 0 Å². The molecule has 1 N–H and O–H groups in total. The van der Waals surface area contributed by atoms with Gasteiger partial charge in [0, 0.05) is 0 Å². The van der Waals surface area contributed by atoms with Crippen molar-refractivity contribution in [3.05, 3.63) is 0 Å². The number of amides is 2. The molecule has 0 spiro atoms. The van der Waals surface area contributed by atoms with Gasteiger partial charge in [0.15, 0.2) is 9.84 Å². The van der Waals surface area contributed by atoms with Gasteiger partial charge >= 0.3 is 6.03 Å². The number of hydrogen-bond acceptors (Lipinski definition) is 3. The quantitative estimate of drug-likeness (QED) is 0.435. The fourth-order valence-electron chi connectivity index (χ4n) is 1.03. The molecule has 2 amide bonds. The predicted octanol–water partition coefficient (Wildman–Crippen LogP) is -2.38. The highest BCUT2D eigenvalue weighted by atomic mass is 32.2. The van der Waals surface area contributed by atoms with Crippen molar-refractivity contribution in [2.24, 2.45) is 0 Å². The zero-order valence-corrected chi connectivity index (χ0v) is 7.43. The number of nitrogens with zero attached hydrogens (tertiary/aromatic N) is 1. The van der Waals surface area contributed by atoms with E-state index in [1.807, 2.05) is 0 Å². The molecule has 1 rings (SSSR count). The molecule has 0 bridgehead atoms. The van der Waals surface area contributed by atoms with Gasteiger partial charge in [0.1, 0.15) is 13.1 Å². The second-order valence-electron chi connectivity index (χ2n) is 2.62. The Morgan fingerprint density at radius 2 is 1.83 bits per heavy atom. The first kappa shape index (κ1) is 9.18. The van der Waals surface area contributed by atoms with E-state index in [1.165, 1.54) is 4.90 Å². The Hall–Kier alpha value is -0.910. The molecule has 1 fully saturated rings. The zero-order chi connectivity index (χ0) is 9.19. The van der Waals surface area contributed by atoms with E-state index in [0.29, 0.717) is 0 Å². The molecule has 0 atom stereocenters. The van der Waals surface area contributed by atoms with E-state index in [4.69, 9.17) is 0 Å². The highest BCUT2D eigenvalue weighted by Crippen LogP contribution is 2.01. The summed E-state index contributed by atoms with van der Waals surface area (Å²) < 4.78 is 21.9. The van der Waals surface area contributed by atoms with Gasteiger partial charge < -0.3 is 0 Å². The summed E-state index contributed by atoms with van der Waals surface area (Å²) in [5.74, 6) is 0.112. The first-order valence-electron chi connectivity index (χ1n) is 3.57. The topological polar surface area (TPSA) is 68.4 Å². The molecule has 12 heavy (non-hydrogen) atoms. The molecule has 0 aromatic carbocycles. The Labute approximate surface area is 71.0 Å². The lowest BCUT2D eigenvalue weighted by atomic mass is 10.5. The number of carbonyl (C=O) groups is 1. The van der Waals surface area contributed by atoms with E-state index < -0.39 is 9.84 Å². The van der Waals surface area contributed by atoms with Gasteiger partial charge in [-0.2, -0.15) is 4.79 Å². The molecule has 1 heterocycles. The molecule has 0 unspecified atom stereocenters. The second kappa shape index (κ2) is 3.22. The van der Waals surface area contributed by atoms with Crippen LogP contribution in [0, 0.1) is 0 Å². The largest absolute Gasteiger partial charge is 0.490 e. The lowest BCUT2D eigenvalue weighted by molar-refractivity contribution is -0.344. The maximum Gasteiger partial charge on any atom is 0.490 e. The van der Waals surface area contributed by atoms with E-state index in [9.17, 15) is 13.2 Å². The summed E-state index contributed by atoms with van der Waals surface area (Å²) >= 11 is 0. The van der Waals surface area contributed by atoms with Crippen molar-refractivity contribution in [1.82, 2.24) is 4.90 Å². The molecule has 0 aromatic rings. The highest BCUT2D eigenvalue weighted by molar-refractivity contribution is 7.91. The standard InChI is InChI=1S/C6H10N2O3S/c1-7-6(9)8-2-4-12(10,11)5-3-8/h1-5H2/p+1. The summed E-state index contributed by atoms with van der Waals surface area (Å²) in [5.41, 5.74) is 0. The Balaban J connectivity index is 2.57. The van der Waals surface area contributed by atoms with Crippen molar-refractivity contribution in [1.29, 1.82) is 0 Å². The average Bonchev–Trinajstić information content (AvgIpc) is 2.03. The Morgan fingerprint density at radius 3 is 2.25 bits per heavy atom. The minimum Gasteiger partial charge on any atom is -0.229 e. The van der Waals surface area contributed by atoms with Crippen LogP contribution in [0.4, 0.5) is 4.79 Å². The lowest BCUT2D eigenvalue weighted by Crippen LogP contribution is -2.76. The Morgan fingerprint density at radius 1 is 1.33 bits per heavy atom. The minimum absolute atomic E-state index is 0.0560. The summed E-state index contributed by atoms with van der Waals surface area (Å²) in [6.07, 6.45) is 0. The van der Waals surface area contributed by atoms with Gasteiger partial charge in [-0.1, -0.05) is 0 Å². The van der Waals surface area contributed by atoms with Crippen molar-refractivity contribution >= 4 is 22.6 Å². The summed E-state index contributed by atoms with van der Waals surface area (Å²) in [6.45, 7) is 3.74. The first-order valence-corrected chi connectivity index (χ1v) is 5.40. The molecule has 68 valence electrons. The van der Waals surface area contributed by atoms with E-state index in [-0.39, 0.29) is 30.6 Å². The normalized spacial score (nSPS) is 21.8. The first-order chi connectivity index (χ1) is 5.55. The third-order valence-electron chi connectivity index (χ3n) is 1.78. The van der Waals surface area contributed by atoms with Crippen molar-refractivity contribution in [2.75, 3.05) is 24.6 Å². The molecule has 1 aliphatic rings. The second-order valence-corrected chi connectivity index (χ2v) is 4.92. The van der Waals surface area contributed by atoms with Gasteiger partial charge in [-0.05, 0) is 0 Å². The van der Waals surface area contributed by atoms with Crippen molar-refractivity contribution in [2.45, 2.75) is 0 Å². The minimum atomic E-state index is -2.90. The van der Waals surface area contributed by atoms with E-state index in [0.717, 1.165) is 0 Å². The van der Waals surface area contributed by atoms with Gasteiger partial charge in [-0.3, -0.25) is 0 Å². The molecule has 0 aromatic heterocycles. The number of carbonyl (C=O) groups excluding carboxylic acids is 1. The Kier molecular flexibility index (Phi) is 2.46. The number of nitrogens with one attached hydrogen (secondary N) is 1. The van der Waals surface area contributed by atoms with Crippen LogP contribution in [0.3, 0.4) is 0 Å². The number of urea groups is 1. The van der Waals surface area contributed by atoms with E-state index in [2.05, 4.69) is 11.7 Å². The average molecular weight is 191 g/mol. The summed E-state index contributed by atoms with van der Waals surface area (Å²) in [4.78, 5) is 14.6. The third kappa shape index (κ3) is 2.04. The van der Waals surface area contributed by atoms with Crippen LogP contribution in [0.1, 0.15) is 0 Å². The zero-order valence-electron chi connectivity index (χ0n) is 6.62. The van der Waals surface area contributed by atoms with Crippen LogP contribution in [-0.4, -0.2) is 50.7 Å². The molecular weight excluding hydrogens is 180 g/mol. The number of hydrogen-bond donors (Lipinski definition) is 1. The van der Waals surface area contributed by atoms with Gasteiger partial charge in [0.05, 0.1) is 18.2 Å². The van der Waals surface area contributed by atoms with Crippen molar-refractivity contribution < 1.29 is 18.2 Å².